The molecule has 7 nitrogen and oxygen atoms in total. The minimum absolute atomic E-state index is 0.147. The van der Waals surface area contributed by atoms with Crippen LogP contribution in [0.5, 0.6) is 5.75 Å². The molecular weight excluding hydrogens is 300 g/mol. The van der Waals surface area contributed by atoms with Crippen molar-refractivity contribution in [2.45, 2.75) is 20.3 Å². The van der Waals surface area contributed by atoms with E-state index >= 15 is 0 Å². The second kappa shape index (κ2) is 10.2. The van der Waals surface area contributed by atoms with E-state index < -0.39 is 18.5 Å². The lowest BCUT2D eigenvalue weighted by atomic mass is 10.2. The highest BCUT2D eigenvalue weighted by Gasteiger charge is 2.15. The van der Waals surface area contributed by atoms with E-state index in [1.54, 1.807) is 31.2 Å². The maximum atomic E-state index is 12.0. The minimum Gasteiger partial charge on any atom is -0.493 e. The predicted octanol–water partition coefficient (Wildman–Crippen LogP) is 0.885. The Labute approximate surface area is 135 Å². The highest BCUT2D eigenvalue weighted by molar-refractivity contribution is 5.94. The van der Waals surface area contributed by atoms with Crippen LogP contribution in [0.15, 0.2) is 24.3 Å². The van der Waals surface area contributed by atoms with Gasteiger partial charge < -0.3 is 20.1 Å². The van der Waals surface area contributed by atoms with E-state index in [9.17, 15) is 14.4 Å². The van der Waals surface area contributed by atoms with Gasteiger partial charge in [0.2, 0.25) is 5.91 Å². The summed E-state index contributed by atoms with van der Waals surface area (Å²) >= 11 is 0. The zero-order valence-electron chi connectivity index (χ0n) is 13.4. The summed E-state index contributed by atoms with van der Waals surface area (Å²) in [4.78, 5) is 34.9. The van der Waals surface area contributed by atoms with Crippen LogP contribution in [0.3, 0.4) is 0 Å². The molecule has 0 radical (unpaired) electrons. The molecule has 0 unspecified atom stereocenters. The molecule has 0 heterocycles. The number of nitrogens with one attached hydrogen (secondary N) is 2. The molecule has 0 saturated heterocycles. The lowest BCUT2D eigenvalue weighted by Crippen LogP contribution is -2.38. The Kier molecular flexibility index (Phi) is 8.20. The molecule has 0 aromatic heterocycles. The summed E-state index contributed by atoms with van der Waals surface area (Å²) in [5.41, 5.74) is 0.253. The molecule has 0 fully saturated rings. The van der Waals surface area contributed by atoms with E-state index in [-0.39, 0.29) is 18.0 Å². The highest BCUT2D eigenvalue weighted by atomic mass is 16.5. The predicted molar refractivity (Wildman–Crippen MR) is 84.2 cm³/mol. The van der Waals surface area contributed by atoms with Crippen LogP contribution < -0.4 is 15.4 Å². The topological polar surface area (TPSA) is 93.7 Å². The van der Waals surface area contributed by atoms with Crippen LogP contribution in [0.4, 0.5) is 0 Å². The molecule has 0 bridgehead atoms. The van der Waals surface area contributed by atoms with E-state index in [0.29, 0.717) is 18.9 Å². The van der Waals surface area contributed by atoms with Crippen molar-refractivity contribution in [3.05, 3.63) is 29.8 Å². The third-order valence-corrected chi connectivity index (χ3v) is 2.76. The summed E-state index contributed by atoms with van der Waals surface area (Å²) in [6.45, 7) is 4.10. The summed E-state index contributed by atoms with van der Waals surface area (Å²) < 4.78 is 10.3. The van der Waals surface area contributed by atoms with Crippen LogP contribution >= 0.6 is 0 Å². The van der Waals surface area contributed by atoms with Crippen molar-refractivity contribution in [3.63, 3.8) is 0 Å². The van der Waals surface area contributed by atoms with Gasteiger partial charge in [-0.2, -0.15) is 0 Å². The molecule has 1 aromatic carbocycles. The normalized spacial score (nSPS) is 9.83. The number of ether oxygens (including phenoxy) is 2. The average molecular weight is 322 g/mol. The molecule has 0 saturated carbocycles. The van der Waals surface area contributed by atoms with Crippen molar-refractivity contribution in [1.82, 2.24) is 10.6 Å². The van der Waals surface area contributed by atoms with Gasteiger partial charge in [-0.1, -0.05) is 19.1 Å². The molecule has 23 heavy (non-hydrogen) atoms. The van der Waals surface area contributed by atoms with Crippen molar-refractivity contribution in [2.24, 2.45) is 0 Å². The van der Waals surface area contributed by atoms with Gasteiger partial charge in [-0.05, 0) is 25.5 Å². The summed E-state index contributed by atoms with van der Waals surface area (Å²) in [6, 6.07) is 6.63. The van der Waals surface area contributed by atoms with E-state index in [2.05, 4.69) is 10.6 Å². The fourth-order valence-corrected chi connectivity index (χ4v) is 1.68. The van der Waals surface area contributed by atoms with Crippen LogP contribution in [-0.4, -0.2) is 44.1 Å². The van der Waals surface area contributed by atoms with Gasteiger partial charge in [0.1, 0.15) is 11.3 Å². The molecule has 0 aliphatic carbocycles. The molecule has 0 aliphatic rings. The number of benzene rings is 1. The van der Waals surface area contributed by atoms with Crippen LogP contribution in [0.25, 0.3) is 0 Å². The fraction of sp³-hybridized carbons (Fsp3) is 0.438. The van der Waals surface area contributed by atoms with Crippen molar-refractivity contribution < 1.29 is 23.9 Å². The maximum absolute atomic E-state index is 12.0. The van der Waals surface area contributed by atoms with Gasteiger partial charge in [-0.3, -0.25) is 9.59 Å². The van der Waals surface area contributed by atoms with Crippen LogP contribution in [0.1, 0.15) is 30.6 Å². The van der Waals surface area contributed by atoms with Gasteiger partial charge in [0.25, 0.3) is 5.91 Å². The fourth-order valence-electron chi connectivity index (χ4n) is 1.68. The van der Waals surface area contributed by atoms with Crippen LogP contribution in [0, 0.1) is 0 Å². The molecule has 2 amide bonds. The highest BCUT2D eigenvalue weighted by Crippen LogP contribution is 2.18. The van der Waals surface area contributed by atoms with Gasteiger partial charge in [0.15, 0.2) is 6.61 Å². The number of hydrogen-bond donors (Lipinski definition) is 2. The Hall–Kier alpha value is -2.57. The lowest BCUT2D eigenvalue weighted by molar-refractivity contribution is -0.127. The van der Waals surface area contributed by atoms with Crippen molar-refractivity contribution >= 4 is 17.8 Å². The first-order valence-corrected chi connectivity index (χ1v) is 7.50. The molecule has 1 rings (SSSR count). The van der Waals surface area contributed by atoms with Gasteiger partial charge in [-0.25, -0.2) is 4.79 Å². The standard InChI is InChI=1S/C16H22N2O5/c1-3-9-17-14(19)10-18-15(20)11-23-16(21)12-7-5-6-8-13(12)22-4-2/h5-8H,3-4,9-11H2,1-2H3,(H,17,19)(H,18,20). The van der Waals surface area contributed by atoms with Gasteiger partial charge in [-0.15, -0.1) is 0 Å². The number of carbonyl (C=O) groups excluding carboxylic acids is 3. The molecule has 1 aromatic rings. The largest absolute Gasteiger partial charge is 0.493 e. The summed E-state index contributed by atoms with van der Waals surface area (Å²) in [7, 11) is 0. The maximum Gasteiger partial charge on any atom is 0.342 e. The van der Waals surface area contributed by atoms with Crippen molar-refractivity contribution in [2.75, 3.05) is 26.3 Å². The summed E-state index contributed by atoms with van der Waals surface area (Å²) in [5.74, 6) is -1.08. The number of esters is 1. The smallest absolute Gasteiger partial charge is 0.342 e. The molecule has 0 atom stereocenters. The molecular formula is C16H22N2O5. The Bertz CT molecular complexity index is 545. The van der Waals surface area contributed by atoms with E-state index in [1.807, 2.05) is 6.92 Å². The van der Waals surface area contributed by atoms with E-state index in [4.69, 9.17) is 9.47 Å². The summed E-state index contributed by atoms with van der Waals surface area (Å²) in [6.07, 6.45) is 0.816. The number of amides is 2. The Balaban J connectivity index is 2.41. The molecule has 126 valence electrons. The summed E-state index contributed by atoms with van der Waals surface area (Å²) in [5, 5.41) is 5.00. The molecule has 2 N–H and O–H groups in total. The first-order valence-electron chi connectivity index (χ1n) is 7.50. The van der Waals surface area contributed by atoms with E-state index in [1.165, 1.54) is 0 Å². The Morgan fingerprint density at radius 1 is 1.04 bits per heavy atom. The Morgan fingerprint density at radius 2 is 1.78 bits per heavy atom. The van der Waals surface area contributed by atoms with Gasteiger partial charge in [0, 0.05) is 6.54 Å². The second-order valence-corrected chi connectivity index (χ2v) is 4.63. The first kappa shape index (κ1) is 18.5. The quantitative estimate of drug-likeness (QED) is 0.658. The molecule has 0 spiro atoms. The zero-order valence-corrected chi connectivity index (χ0v) is 13.4. The van der Waals surface area contributed by atoms with E-state index in [0.717, 1.165) is 6.42 Å². The minimum atomic E-state index is -0.653. The van der Waals surface area contributed by atoms with Crippen LogP contribution in [0.2, 0.25) is 0 Å². The number of para-hydroxylation sites is 1. The zero-order chi connectivity index (χ0) is 17.1. The SMILES string of the molecule is CCCNC(=O)CNC(=O)COC(=O)c1ccccc1OCC. The van der Waals surface area contributed by atoms with Gasteiger partial charge in [0.05, 0.1) is 13.2 Å². The van der Waals surface area contributed by atoms with Crippen molar-refractivity contribution in [3.8, 4) is 5.75 Å². The Morgan fingerprint density at radius 3 is 2.48 bits per heavy atom. The van der Waals surface area contributed by atoms with Crippen LogP contribution in [-0.2, 0) is 14.3 Å². The first-order chi connectivity index (χ1) is 11.1. The van der Waals surface area contributed by atoms with Gasteiger partial charge >= 0.3 is 5.97 Å². The second-order valence-electron chi connectivity index (χ2n) is 4.63. The third kappa shape index (κ3) is 6.82. The molecule has 0 aliphatic heterocycles. The molecule has 7 heteroatoms. The monoisotopic (exact) mass is 322 g/mol. The average Bonchev–Trinajstić information content (AvgIpc) is 2.56. The lowest BCUT2D eigenvalue weighted by Gasteiger charge is -2.10. The van der Waals surface area contributed by atoms with Crippen molar-refractivity contribution in [1.29, 1.82) is 0 Å². The number of hydrogen-bond acceptors (Lipinski definition) is 5. The number of rotatable bonds is 9. The third-order valence-electron chi connectivity index (χ3n) is 2.76. The number of carbonyl (C=O) groups is 3.